The van der Waals surface area contributed by atoms with Crippen molar-refractivity contribution in [3.63, 3.8) is 0 Å². The fourth-order valence-electron chi connectivity index (χ4n) is 1.88. The van der Waals surface area contributed by atoms with Crippen molar-refractivity contribution in [1.82, 2.24) is 9.84 Å². The Kier molecular flexibility index (Phi) is 4.37. The summed E-state index contributed by atoms with van der Waals surface area (Å²) in [4.78, 5) is 5.66. The average Bonchev–Trinajstić information content (AvgIpc) is 2.65. The molecule has 0 bridgehead atoms. The molecule has 1 atom stereocenters. The molecular weight excluding hydrogens is 309 g/mol. The van der Waals surface area contributed by atoms with E-state index in [0.717, 1.165) is 10.5 Å². The van der Waals surface area contributed by atoms with Gasteiger partial charge in [0.05, 0.1) is 0 Å². The Hall–Kier alpha value is 0.510. The van der Waals surface area contributed by atoms with Crippen molar-refractivity contribution in [3.05, 3.63) is 0 Å². The van der Waals surface area contributed by atoms with E-state index >= 15 is 0 Å². The molecule has 5 heteroatoms. The molecule has 2 aliphatic heterocycles. The predicted octanol–water partition coefficient (Wildman–Crippen LogP) is -1.18. The molecule has 0 spiro atoms. The monoisotopic (exact) mass is 326 g/mol. The van der Waals surface area contributed by atoms with E-state index in [1.165, 1.54) is 50.1 Å². The van der Waals surface area contributed by atoms with Crippen LogP contribution in [0.15, 0.2) is 4.40 Å². The predicted molar refractivity (Wildman–Crippen MR) is 57.7 cm³/mol. The molecule has 2 heterocycles. The molecule has 2 aliphatic rings. The van der Waals surface area contributed by atoms with E-state index in [1.54, 1.807) is 0 Å². The van der Waals surface area contributed by atoms with Crippen LogP contribution >= 0.6 is 12.1 Å². The maximum atomic E-state index is 4.53. The quantitative estimate of drug-likeness (QED) is 0.374. The molecule has 0 radical (unpaired) electrons. The van der Waals surface area contributed by atoms with Crippen molar-refractivity contribution in [3.8, 4) is 0 Å². The van der Waals surface area contributed by atoms with Crippen LogP contribution in [-0.4, -0.2) is 26.2 Å². The van der Waals surface area contributed by atoms with Crippen molar-refractivity contribution >= 4 is 18.0 Å². The number of rotatable bonds is 1. The summed E-state index contributed by atoms with van der Waals surface area (Å²) in [6.07, 6.45) is 6.86. The Balaban J connectivity index is 2.06. The van der Waals surface area contributed by atoms with Crippen LogP contribution < -0.4 is 26.0 Å². The van der Waals surface area contributed by atoms with Crippen LogP contribution in [0.4, 0.5) is 0 Å². The number of hydrogen-bond acceptors (Lipinski definition) is 4. The Bertz CT molecular complexity index is 222. The van der Waals surface area contributed by atoms with Gasteiger partial charge in [0.1, 0.15) is 0 Å². The summed E-state index contributed by atoms with van der Waals surface area (Å²) in [6, 6.07) is 0. The van der Waals surface area contributed by atoms with E-state index in [4.69, 9.17) is 0 Å². The third kappa shape index (κ3) is 2.55. The van der Waals surface area contributed by atoms with Crippen molar-refractivity contribution in [1.29, 1.82) is 0 Å². The van der Waals surface area contributed by atoms with Crippen LogP contribution in [0.3, 0.4) is 0 Å². The van der Waals surface area contributed by atoms with Gasteiger partial charge in [0.2, 0.25) is 0 Å². The fraction of sp³-hybridized carbons (Fsp3) is 0.889. The van der Waals surface area contributed by atoms with Crippen molar-refractivity contribution in [2.45, 2.75) is 36.0 Å². The van der Waals surface area contributed by atoms with Gasteiger partial charge in [-0.25, -0.2) is 0 Å². The number of hydrogen-bond donors (Lipinski definition) is 1. The van der Waals surface area contributed by atoms with Crippen LogP contribution in [0.1, 0.15) is 32.1 Å². The molecule has 1 fully saturated rings. The SMILES string of the molecule is C[I-]C1CCCCCCN2NSN=C12. The number of nitrogens with one attached hydrogen (secondary N) is 1. The summed E-state index contributed by atoms with van der Waals surface area (Å²) in [7, 11) is 0. The van der Waals surface area contributed by atoms with E-state index in [2.05, 4.69) is 19.2 Å². The van der Waals surface area contributed by atoms with Gasteiger partial charge in [-0.1, -0.05) is 0 Å². The first-order valence-electron chi connectivity index (χ1n) is 5.17. The molecule has 0 aromatic carbocycles. The van der Waals surface area contributed by atoms with Gasteiger partial charge >= 0.3 is 101 Å². The van der Waals surface area contributed by atoms with Gasteiger partial charge in [0, 0.05) is 0 Å². The third-order valence-corrected chi connectivity index (χ3v) is 5.96. The van der Waals surface area contributed by atoms with E-state index in [1.807, 2.05) is 0 Å². The second-order valence-electron chi connectivity index (χ2n) is 3.67. The molecule has 0 saturated carbocycles. The summed E-state index contributed by atoms with van der Waals surface area (Å²) in [5.74, 6) is 1.34. The molecule has 1 saturated heterocycles. The van der Waals surface area contributed by atoms with Crippen LogP contribution in [0, 0.1) is 0 Å². The third-order valence-electron chi connectivity index (χ3n) is 2.70. The normalized spacial score (nSPS) is 29.1. The number of amidine groups is 1. The molecule has 0 aromatic rings. The van der Waals surface area contributed by atoms with Crippen LogP contribution in [0.2, 0.25) is 0 Å². The first-order valence-corrected chi connectivity index (χ1v) is 9.34. The number of hydrazine groups is 1. The van der Waals surface area contributed by atoms with Crippen molar-refractivity contribution < 1.29 is 21.2 Å². The van der Waals surface area contributed by atoms with Gasteiger partial charge in [0.25, 0.3) is 0 Å². The number of fused-ring (bicyclic) bond motifs is 1. The zero-order valence-electron chi connectivity index (χ0n) is 8.50. The van der Waals surface area contributed by atoms with Gasteiger partial charge in [-0.2, -0.15) is 0 Å². The van der Waals surface area contributed by atoms with E-state index < -0.39 is 0 Å². The van der Waals surface area contributed by atoms with Gasteiger partial charge in [-0.3, -0.25) is 0 Å². The summed E-state index contributed by atoms with van der Waals surface area (Å²) >= 11 is 1.79. The minimum atomic E-state index is 0.285. The summed E-state index contributed by atoms with van der Waals surface area (Å²) in [5.41, 5.74) is 0. The summed E-state index contributed by atoms with van der Waals surface area (Å²) in [6.45, 7) is 1.14. The van der Waals surface area contributed by atoms with Gasteiger partial charge < -0.3 is 0 Å². The van der Waals surface area contributed by atoms with Crippen LogP contribution in [-0.2, 0) is 0 Å². The summed E-state index contributed by atoms with van der Waals surface area (Å²) in [5, 5.41) is 2.28. The molecule has 82 valence electrons. The Labute approximate surface area is 101 Å². The van der Waals surface area contributed by atoms with Gasteiger partial charge in [0.15, 0.2) is 0 Å². The fourth-order valence-corrected chi connectivity index (χ4v) is 4.81. The minimum absolute atomic E-state index is 0.285. The van der Waals surface area contributed by atoms with E-state index in [9.17, 15) is 0 Å². The molecule has 0 aliphatic carbocycles. The summed E-state index contributed by atoms with van der Waals surface area (Å²) < 4.78 is 5.32. The zero-order valence-corrected chi connectivity index (χ0v) is 11.5. The van der Waals surface area contributed by atoms with Crippen molar-refractivity contribution in [2.24, 2.45) is 4.40 Å². The van der Waals surface area contributed by atoms with Gasteiger partial charge in [-0.15, -0.1) is 0 Å². The van der Waals surface area contributed by atoms with Gasteiger partial charge in [-0.05, 0) is 0 Å². The molecule has 0 aromatic heterocycles. The van der Waals surface area contributed by atoms with E-state index in [0.29, 0.717) is 0 Å². The molecule has 1 unspecified atom stereocenters. The first kappa shape index (κ1) is 11.0. The van der Waals surface area contributed by atoms with E-state index in [-0.39, 0.29) is 21.2 Å². The molecule has 14 heavy (non-hydrogen) atoms. The Morgan fingerprint density at radius 2 is 2.29 bits per heavy atom. The Morgan fingerprint density at radius 3 is 3.14 bits per heavy atom. The second kappa shape index (κ2) is 5.55. The number of alkyl halides is 2. The van der Waals surface area contributed by atoms with Crippen LogP contribution in [0.5, 0.6) is 0 Å². The van der Waals surface area contributed by atoms with Crippen molar-refractivity contribution in [2.75, 3.05) is 11.5 Å². The topological polar surface area (TPSA) is 27.6 Å². The maximum absolute atomic E-state index is 4.53. The average molecular weight is 326 g/mol. The molecule has 1 N–H and O–H groups in total. The number of halogens is 1. The first-order chi connectivity index (χ1) is 6.92. The zero-order chi connectivity index (χ0) is 9.80. The molecular formula is C9H17IN3S-. The van der Waals surface area contributed by atoms with Crippen LogP contribution in [0.25, 0.3) is 0 Å². The molecule has 2 rings (SSSR count). The standard InChI is InChI=1S/C9H17IN3S/c1-10-8-6-4-2-3-5-7-13-9(8)11-14-12-13/h8,12H,2-7H2,1H3/q-1. The molecule has 0 amide bonds. The number of nitrogens with zero attached hydrogens (tertiary/aromatic N) is 2. The Morgan fingerprint density at radius 1 is 1.43 bits per heavy atom. The molecule has 3 nitrogen and oxygen atoms in total. The second-order valence-corrected chi connectivity index (χ2v) is 6.97.